The van der Waals surface area contributed by atoms with Gasteiger partial charge in [-0.15, -0.1) is 0 Å². The second kappa shape index (κ2) is 9.53. The first-order valence-corrected chi connectivity index (χ1v) is 12.1. The van der Waals surface area contributed by atoms with E-state index in [0.717, 1.165) is 0 Å². The fourth-order valence-corrected chi connectivity index (χ4v) is 4.15. The van der Waals surface area contributed by atoms with E-state index in [-0.39, 0.29) is 51.4 Å². The number of fused-ring (bicyclic) bond motifs is 3. The van der Waals surface area contributed by atoms with Crippen LogP contribution in [0.5, 0.6) is 0 Å². The van der Waals surface area contributed by atoms with Crippen molar-refractivity contribution in [3.63, 3.8) is 0 Å². The monoisotopic (exact) mass is 551 g/mol. The highest BCUT2D eigenvalue weighted by Crippen LogP contribution is 2.30. The maximum absolute atomic E-state index is 10.2. The van der Waals surface area contributed by atoms with E-state index in [2.05, 4.69) is 90.0 Å². The van der Waals surface area contributed by atoms with Crippen LogP contribution in [0.15, 0.2) is 90.7 Å². The molecule has 6 aliphatic heterocycles. The molecule has 1 aromatic rings. The lowest BCUT2D eigenvalue weighted by atomic mass is 10.1. The molecule has 1 aromatic heterocycles. The predicted molar refractivity (Wildman–Crippen MR) is 150 cm³/mol. The molecule has 198 valence electrons. The number of aromatic nitrogens is 2. The van der Waals surface area contributed by atoms with Gasteiger partial charge in [-0.25, -0.2) is 39.9 Å². The first-order chi connectivity index (χ1) is 20.6. The molecule has 7 rings (SSSR count). The minimum absolute atomic E-state index is 0.0296. The lowest BCUT2D eigenvalue weighted by molar-refractivity contribution is 1.06. The van der Waals surface area contributed by atoms with Crippen LogP contribution in [0, 0.1) is 34.0 Å². The van der Waals surface area contributed by atoms with Crippen molar-refractivity contribution in [2.24, 2.45) is 30.0 Å². The number of nitrogens with one attached hydrogen (secondary N) is 6. The summed E-state index contributed by atoms with van der Waals surface area (Å²) in [4.78, 5) is 35.4. The lowest BCUT2D eigenvalue weighted by Crippen LogP contribution is -2.37. The van der Waals surface area contributed by atoms with Crippen LogP contribution in [0.3, 0.4) is 0 Å². The minimum atomic E-state index is -0.135. The van der Waals surface area contributed by atoms with Crippen LogP contribution >= 0.6 is 0 Å². The van der Waals surface area contributed by atoms with Gasteiger partial charge in [0.15, 0.2) is 58.3 Å². The summed E-state index contributed by atoms with van der Waals surface area (Å²) >= 11 is 0. The van der Waals surface area contributed by atoms with Crippen molar-refractivity contribution in [2.75, 3.05) is 0 Å². The molecule has 0 aliphatic carbocycles. The Bertz CT molecular complexity index is 1680. The third-order valence-corrected chi connectivity index (χ3v) is 6.02. The van der Waals surface area contributed by atoms with Crippen LogP contribution in [-0.4, -0.2) is 45.0 Å². The number of nitrogens with zero attached hydrogens (tertiary/aromatic N) is 11. The van der Waals surface area contributed by atoms with E-state index in [9.17, 15) is 15.8 Å². The SMILES string of the molecule is N#CC(=C1N=C2NC=CNC2=N1)c1cc(C(C#N)=C2N=C3NC=CNC3=N2)nc(C(C#N)=C2N=C3NC=CNC3=N2)n1. The second-order valence-electron chi connectivity index (χ2n) is 8.52. The fourth-order valence-electron chi connectivity index (χ4n) is 4.15. The van der Waals surface area contributed by atoms with Crippen LogP contribution in [0.1, 0.15) is 17.2 Å². The van der Waals surface area contributed by atoms with Gasteiger partial charge in [-0.3, -0.25) is 0 Å². The molecule has 0 fully saturated rings. The van der Waals surface area contributed by atoms with Gasteiger partial charge in [0.2, 0.25) is 0 Å². The van der Waals surface area contributed by atoms with Crippen LogP contribution in [0.4, 0.5) is 0 Å². The molecule has 0 amide bonds. The molecule has 0 atom stereocenters. The zero-order valence-electron chi connectivity index (χ0n) is 21.0. The van der Waals surface area contributed by atoms with E-state index in [4.69, 9.17) is 0 Å². The highest BCUT2D eigenvalue weighted by Gasteiger charge is 2.28. The summed E-state index contributed by atoms with van der Waals surface area (Å²) in [6.07, 6.45) is 9.78. The average molecular weight is 551 g/mol. The fraction of sp³-hybridized carbons (Fsp3) is 0. The molecule has 0 radical (unpaired) electrons. The van der Waals surface area contributed by atoms with Crippen molar-refractivity contribution in [1.82, 2.24) is 41.9 Å². The first-order valence-electron chi connectivity index (χ1n) is 12.1. The molecule has 0 saturated heterocycles. The molecule has 0 saturated carbocycles. The van der Waals surface area contributed by atoms with Gasteiger partial charge in [0.1, 0.15) is 34.9 Å². The van der Waals surface area contributed by atoms with Crippen molar-refractivity contribution in [3.8, 4) is 18.2 Å². The van der Waals surface area contributed by atoms with Gasteiger partial charge in [-0.05, 0) is 6.07 Å². The number of hydrogen-bond donors (Lipinski definition) is 6. The van der Waals surface area contributed by atoms with Gasteiger partial charge in [0.25, 0.3) is 0 Å². The van der Waals surface area contributed by atoms with Crippen molar-refractivity contribution in [1.29, 1.82) is 15.8 Å². The van der Waals surface area contributed by atoms with E-state index in [1.54, 1.807) is 37.2 Å². The Morgan fingerprint density at radius 3 is 1.02 bits per heavy atom. The summed E-state index contributed by atoms with van der Waals surface area (Å²) in [5.74, 6) is 2.49. The Labute approximate surface area is 235 Å². The van der Waals surface area contributed by atoms with Crippen LogP contribution < -0.4 is 31.9 Å². The average Bonchev–Trinajstić information content (AvgIpc) is 3.75. The molecule has 17 nitrogen and oxygen atoms in total. The maximum atomic E-state index is 10.2. The summed E-state index contributed by atoms with van der Waals surface area (Å²) < 4.78 is 0. The topological polar surface area (TPSA) is 243 Å². The van der Waals surface area contributed by atoms with E-state index < -0.39 is 0 Å². The molecule has 6 aliphatic rings. The lowest BCUT2D eigenvalue weighted by Gasteiger charge is -2.08. The normalized spacial score (nSPS) is 18.1. The molecular weight excluding hydrogens is 538 g/mol. The Hall–Kier alpha value is -7.19. The summed E-state index contributed by atoms with van der Waals surface area (Å²) in [6.45, 7) is 0. The molecule has 0 bridgehead atoms. The molecule has 17 heteroatoms. The van der Waals surface area contributed by atoms with Gasteiger partial charge in [0, 0.05) is 37.2 Å². The van der Waals surface area contributed by atoms with E-state index in [1.165, 1.54) is 6.07 Å². The Morgan fingerprint density at radius 1 is 0.452 bits per heavy atom. The zero-order chi connectivity index (χ0) is 28.6. The zero-order valence-corrected chi connectivity index (χ0v) is 21.0. The van der Waals surface area contributed by atoms with Crippen molar-refractivity contribution in [3.05, 3.63) is 77.9 Å². The van der Waals surface area contributed by atoms with E-state index >= 15 is 0 Å². The summed E-state index contributed by atoms with van der Waals surface area (Å²) in [6, 6.07) is 7.66. The molecule has 6 N–H and O–H groups in total. The van der Waals surface area contributed by atoms with Gasteiger partial charge in [-0.1, -0.05) is 0 Å². The number of aliphatic imine (C=N–C) groups is 6. The Balaban J connectivity index is 1.44. The number of hydrogen-bond acceptors (Lipinski definition) is 17. The smallest absolute Gasteiger partial charge is 0.178 e. The number of amidine groups is 6. The molecule has 0 spiro atoms. The standard InChI is InChI=1S/C25H13N17/c26-8-11(16-37-20-21(38-16)30-2-1-29-20)14-7-15(12(9-27)17-39-22-23(40-17)32-4-3-31-22)36-18(35-14)13(10-28)19-41-24-25(42-19)34-6-5-33-24/h1-7H,(H,29,37)(H,30,38)(H,31,39)(H,32,40)(H,33,41)(H,34,42). The molecule has 0 aromatic carbocycles. The molecule has 42 heavy (non-hydrogen) atoms. The summed E-state index contributed by atoms with van der Waals surface area (Å²) in [7, 11) is 0. The van der Waals surface area contributed by atoms with Crippen molar-refractivity contribution in [2.45, 2.75) is 0 Å². The quantitative estimate of drug-likeness (QED) is 0.261. The highest BCUT2D eigenvalue weighted by molar-refractivity contribution is 6.44. The van der Waals surface area contributed by atoms with E-state index in [1.807, 2.05) is 0 Å². The number of nitriles is 3. The predicted octanol–water partition coefficient (Wildman–Crippen LogP) is -0.523. The third-order valence-electron chi connectivity index (χ3n) is 6.02. The van der Waals surface area contributed by atoms with Gasteiger partial charge < -0.3 is 31.9 Å². The van der Waals surface area contributed by atoms with Crippen LogP contribution in [0.25, 0.3) is 16.7 Å². The van der Waals surface area contributed by atoms with Gasteiger partial charge >= 0.3 is 0 Å². The first kappa shape index (κ1) is 23.9. The maximum Gasteiger partial charge on any atom is 0.178 e. The third kappa shape index (κ3) is 3.94. The summed E-state index contributed by atoms with van der Waals surface area (Å²) in [5.41, 5.74) is -0.0549. The minimum Gasteiger partial charge on any atom is -0.342 e. The van der Waals surface area contributed by atoms with E-state index in [0.29, 0.717) is 35.0 Å². The summed E-state index contributed by atoms with van der Waals surface area (Å²) in [5, 5.41) is 48.2. The molecule has 7 heterocycles. The number of rotatable bonds is 3. The van der Waals surface area contributed by atoms with Crippen LogP contribution in [-0.2, 0) is 0 Å². The molecular formula is C25H13N17. The second-order valence-corrected chi connectivity index (χ2v) is 8.52. The van der Waals surface area contributed by atoms with Gasteiger partial charge in [0.05, 0.1) is 11.4 Å². The van der Waals surface area contributed by atoms with Crippen molar-refractivity contribution < 1.29 is 0 Å². The highest BCUT2D eigenvalue weighted by atomic mass is 15.2. The number of allylic oxidation sites excluding steroid dienone is 3. The Kier molecular flexibility index (Phi) is 5.42. The van der Waals surface area contributed by atoms with Crippen LogP contribution in [0.2, 0.25) is 0 Å². The Morgan fingerprint density at radius 2 is 0.738 bits per heavy atom. The van der Waals surface area contributed by atoms with Crippen molar-refractivity contribution >= 4 is 51.7 Å². The van der Waals surface area contributed by atoms with Gasteiger partial charge in [-0.2, -0.15) is 15.8 Å². The largest absolute Gasteiger partial charge is 0.342 e. The molecule has 0 unspecified atom stereocenters.